The number of rotatable bonds is 5. The number of aliphatic hydroxyl groups is 1. The van der Waals surface area contributed by atoms with Crippen molar-refractivity contribution in [1.82, 2.24) is 9.97 Å². The predicted octanol–water partition coefficient (Wildman–Crippen LogP) is 1.51. The van der Waals surface area contributed by atoms with Crippen molar-refractivity contribution in [2.45, 2.75) is 45.3 Å². The van der Waals surface area contributed by atoms with E-state index in [1.165, 1.54) is 0 Å². The van der Waals surface area contributed by atoms with Crippen molar-refractivity contribution in [2.75, 3.05) is 11.9 Å². The fourth-order valence-electron chi connectivity index (χ4n) is 1.61. The molecule has 17 heavy (non-hydrogen) atoms. The third kappa shape index (κ3) is 3.06. The molecule has 94 valence electrons. The maximum absolute atomic E-state index is 9.25. The van der Waals surface area contributed by atoms with Gasteiger partial charge in [0.2, 0.25) is 11.8 Å². The van der Waals surface area contributed by atoms with Crippen LogP contribution in [0.3, 0.4) is 0 Å². The van der Waals surface area contributed by atoms with E-state index in [-0.39, 0.29) is 18.2 Å². The lowest BCUT2D eigenvalue weighted by Crippen LogP contribution is -2.27. The van der Waals surface area contributed by atoms with E-state index in [1.54, 1.807) is 0 Å². The van der Waals surface area contributed by atoms with Gasteiger partial charge in [-0.3, -0.25) is 0 Å². The van der Waals surface area contributed by atoms with Crippen LogP contribution in [0, 0.1) is 6.92 Å². The Morgan fingerprint density at radius 1 is 1.47 bits per heavy atom. The second-order valence-corrected chi connectivity index (χ2v) is 4.90. The first-order valence-corrected chi connectivity index (χ1v) is 5.94. The number of hydrogen-bond donors (Lipinski definition) is 2. The van der Waals surface area contributed by atoms with Gasteiger partial charge in [-0.25, -0.2) is 4.98 Å². The maximum atomic E-state index is 9.25. The molecule has 0 radical (unpaired) electrons. The molecule has 0 bridgehead atoms. The molecule has 2 rings (SSSR count). The van der Waals surface area contributed by atoms with Gasteiger partial charge < -0.3 is 15.2 Å². The van der Waals surface area contributed by atoms with E-state index in [9.17, 15) is 5.11 Å². The number of aryl methyl sites for hydroxylation is 1. The second kappa shape index (κ2) is 4.49. The number of ether oxygens (including phenoxy) is 1. The molecule has 1 aliphatic rings. The summed E-state index contributed by atoms with van der Waals surface area (Å²) in [5.74, 6) is 1.11. The first-order valence-electron chi connectivity index (χ1n) is 5.94. The first-order chi connectivity index (χ1) is 8.03. The predicted molar refractivity (Wildman–Crippen MR) is 65.2 cm³/mol. The van der Waals surface area contributed by atoms with Crippen LogP contribution in [0.25, 0.3) is 0 Å². The number of aromatic nitrogens is 2. The molecule has 1 saturated carbocycles. The average Bonchev–Trinajstić information content (AvgIpc) is 2.96. The van der Waals surface area contributed by atoms with Gasteiger partial charge in [-0.1, -0.05) is 0 Å². The highest BCUT2D eigenvalue weighted by molar-refractivity contribution is 5.36. The Bertz CT molecular complexity index is 403. The Morgan fingerprint density at radius 2 is 2.18 bits per heavy atom. The van der Waals surface area contributed by atoms with E-state index >= 15 is 0 Å². The molecule has 0 spiro atoms. The summed E-state index contributed by atoms with van der Waals surface area (Å²) in [6, 6.07) is 1.81. The summed E-state index contributed by atoms with van der Waals surface area (Å²) < 4.78 is 5.55. The lowest BCUT2D eigenvalue weighted by molar-refractivity contribution is 0.232. The minimum absolute atomic E-state index is 0.0878. The van der Waals surface area contributed by atoms with E-state index in [0.717, 1.165) is 18.5 Å². The molecule has 0 saturated heterocycles. The van der Waals surface area contributed by atoms with Gasteiger partial charge in [0.25, 0.3) is 0 Å². The molecule has 1 aliphatic carbocycles. The fourth-order valence-corrected chi connectivity index (χ4v) is 1.61. The minimum Gasteiger partial charge on any atom is -0.475 e. The minimum atomic E-state index is -0.205. The number of nitrogens with zero attached hydrogens (tertiary/aromatic N) is 2. The van der Waals surface area contributed by atoms with Crippen LogP contribution < -0.4 is 10.1 Å². The quantitative estimate of drug-likeness (QED) is 0.812. The summed E-state index contributed by atoms with van der Waals surface area (Å²) in [4.78, 5) is 8.59. The molecule has 0 amide bonds. The summed E-state index contributed by atoms with van der Waals surface area (Å²) in [6.45, 7) is 5.94. The second-order valence-electron chi connectivity index (χ2n) is 4.90. The zero-order valence-electron chi connectivity index (χ0n) is 10.5. The highest BCUT2D eigenvalue weighted by atomic mass is 16.5. The molecular formula is C12H19N3O2. The number of nitrogens with one attached hydrogen (secondary N) is 1. The molecule has 2 N–H and O–H groups in total. The molecule has 0 aliphatic heterocycles. The SMILES string of the molecule is Cc1cc(OC(C)C)nc(NC2(CO)CC2)n1. The Morgan fingerprint density at radius 3 is 2.71 bits per heavy atom. The summed E-state index contributed by atoms with van der Waals surface area (Å²) in [5, 5.41) is 12.4. The topological polar surface area (TPSA) is 67.3 Å². The van der Waals surface area contributed by atoms with Crippen LogP contribution in [-0.4, -0.2) is 33.3 Å². The molecule has 1 aromatic rings. The molecule has 0 aromatic carbocycles. The third-order valence-corrected chi connectivity index (χ3v) is 2.72. The van der Waals surface area contributed by atoms with Gasteiger partial charge in [-0.15, -0.1) is 0 Å². The number of aliphatic hydroxyl groups excluding tert-OH is 1. The van der Waals surface area contributed by atoms with Crippen molar-refractivity contribution in [3.05, 3.63) is 11.8 Å². The maximum Gasteiger partial charge on any atom is 0.226 e. The zero-order chi connectivity index (χ0) is 12.5. The van der Waals surface area contributed by atoms with E-state index in [0.29, 0.717) is 11.8 Å². The van der Waals surface area contributed by atoms with E-state index < -0.39 is 0 Å². The van der Waals surface area contributed by atoms with E-state index in [4.69, 9.17) is 4.74 Å². The normalized spacial score (nSPS) is 17.0. The highest BCUT2D eigenvalue weighted by Crippen LogP contribution is 2.37. The molecule has 1 fully saturated rings. The zero-order valence-corrected chi connectivity index (χ0v) is 10.5. The monoisotopic (exact) mass is 237 g/mol. The van der Waals surface area contributed by atoms with Crippen molar-refractivity contribution in [2.24, 2.45) is 0 Å². The van der Waals surface area contributed by atoms with Crippen LogP contribution >= 0.6 is 0 Å². The summed E-state index contributed by atoms with van der Waals surface area (Å²) in [7, 11) is 0. The van der Waals surface area contributed by atoms with Crippen LogP contribution in [0.2, 0.25) is 0 Å². The average molecular weight is 237 g/mol. The van der Waals surface area contributed by atoms with Gasteiger partial charge in [-0.05, 0) is 33.6 Å². The van der Waals surface area contributed by atoms with Gasteiger partial charge in [0.05, 0.1) is 18.2 Å². The Kier molecular flexibility index (Phi) is 3.19. The Balaban J connectivity index is 2.14. The molecule has 5 nitrogen and oxygen atoms in total. The Labute approximate surface area is 101 Å². The van der Waals surface area contributed by atoms with Crippen molar-refractivity contribution < 1.29 is 9.84 Å². The lowest BCUT2D eigenvalue weighted by atomic mass is 10.3. The summed E-state index contributed by atoms with van der Waals surface area (Å²) in [5.41, 5.74) is 0.648. The smallest absolute Gasteiger partial charge is 0.226 e. The largest absolute Gasteiger partial charge is 0.475 e. The van der Waals surface area contributed by atoms with Crippen LogP contribution in [0.4, 0.5) is 5.95 Å². The molecule has 0 atom stereocenters. The van der Waals surface area contributed by atoms with Crippen LogP contribution in [0.15, 0.2) is 6.07 Å². The summed E-state index contributed by atoms with van der Waals surface area (Å²) >= 11 is 0. The van der Waals surface area contributed by atoms with Crippen LogP contribution in [-0.2, 0) is 0 Å². The van der Waals surface area contributed by atoms with E-state index in [1.807, 2.05) is 26.8 Å². The highest BCUT2D eigenvalue weighted by Gasteiger charge is 2.42. The Hall–Kier alpha value is -1.36. The number of hydrogen-bond acceptors (Lipinski definition) is 5. The van der Waals surface area contributed by atoms with Gasteiger partial charge in [0, 0.05) is 11.8 Å². The molecular weight excluding hydrogens is 218 g/mol. The summed E-state index contributed by atoms with van der Waals surface area (Å²) in [6.07, 6.45) is 2.01. The van der Waals surface area contributed by atoms with Crippen molar-refractivity contribution >= 4 is 5.95 Å². The van der Waals surface area contributed by atoms with E-state index in [2.05, 4.69) is 15.3 Å². The first kappa shape index (κ1) is 12.1. The fraction of sp³-hybridized carbons (Fsp3) is 0.667. The molecule has 1 aromatic heterocycles. The van der Waals surface area contributed by atoms with Gasteiger partial charge in [0.15, 0.2) is 0 Å². The van der Waals surface area contributed by atoms with Crippen molar-refractivity contribution in [3.63, 3.8) is 0 Å². The van der Waals surface area contributed by atoms with Crippen LogP contribution in [0.1, 0.15) is 32.4 Å². The number of anilines is 1. The van der Waals surface area contributed by atoms with Crippen molar-refractivity contribution in [3.8, 4) is 5.88 Å². The van der Waals surface area contributed by atoms with Crippen molar-refractivity contribution in [1.29, 1.82) is 0 Å². The molecule has 5 heteroatoms. The van der Waals surface area contributed by atoms with Gasteiger partial charge in [0.1, 0.15) is 0 Å². The van der Waals surface area contributed by atoms with Crippen LogP contribution in [0.5, 0.6) is 5.88 Å². The van der Waals surface area contributed by atoms with Gasteiger partial charge >= 0.3 is 0 Å². The van der Waals surface area contributed by atoms with Gasteiger partial charge in [-0.2, -0.15) is 4.98 Å². The molecule has 0 unspecified atom stereocenters. The third-order valence-electron chi connectivity index (χ3n) is 2.72. The lowest BCUT2D eigenvalue weighted by Gasteiger charge is -2.16. The standard InChI is InChI=1S/C12H19N3O2/c1-8(2)17-10-6-9(3)13-11(14-10)15-12(7-16)4-5-12/h6,8,16H,4-5,7H2,1-3H3,(H,13,14,15). The molecule has 1 heterocycles.